The SMILES string of the molecule is COc1cn(Cc2ccccc2)c(Nc2cccc(Cl)c2C)nc1=O. The van der Waals surface area contributed by atoms with Gasteiger partial charge in [-0.2, -0.15) is 4.98 Å². The van der Waals surface area contributed by atoms with Gasteiger partial charge in [0.25, 0.3) is 0 Å². The van der Waals surface area contributed by atoms with Gasteiger partial charge in [0, 0.05) is 10.7 Å². The summed E-state index contributed by atoms with van der Waals surface area (Å²) < 4.78 is 6.97. The maximum absolute atomic E-state index is 12.1. The third kappa shape index (κ3) is 3.83. The van der Waals surface area contributed by atoms with Crippen LogP contribution in [0.3, 0.4) is 0 Å². The lowest BCUT2D eigenvalue weighted by atomic mass is 10.2. The number of nitrogens with one attached hydrogen (secondary N) is 1. The van der Waals surface area contributed by atoms with E-state index in [1.54, 1.807) is 6.20 Å². The number of aromatic nitrogens is 2. The van der Waals surface area contributed by atoms with Gasteiger partial charge < -0.3 is 14.6 Å². The van der Waals surface area contributed by atoms with Gasteiger partial charge in [-0.3, -0.25) is 4.79 Å². The summed E-state index contributed by atoms with van der Waals surface area (Å²) in [4.78, 5) is 16.2. The number of benzene rings is 2. The molecular weight excluding hydrogens is 338 g/mol. The highest BCUT2D eigenvalue weighted by Crippen LogP contribution is 2.25. The van der Waals surface area contributed by atoms with Crippen LogP contribution < -0.4 is 15.6 Å². The third-order valence-electron chi connectivity index (χ3n) is 3.89. The van der Waals surface area contributed by atoms with Crippen LogP contribution in [0.15, 0.2) is 59.5 Å². The Morgan fingerprint density at radius 2 is 1.92 bits per heavy atom. The van der Waals surface area contributed by atoms with E-state index in [0.29, 0.717) is 17.5 Å². The Morgan fingerprint density at radius 3 is 2.64 bits per heavy atom. The first-order valence-electron chi connectivity index (χ1n) is 7.80. The standard InChI is InChI=1S/C19H18ClN3O2/c1-13-15(20)9-6-10-16(13)21-19-22-18(24)17(25-2)12-23(19)11-14-7-4-3-5-8-14/h3-10,12H,11H2,1-2H3,(H,21,22,24). The summed E-state index contributed by atoms with van der Waals surface area (Å²) >= 11 is 6.18. The first-order valence-corrected chi connectivity index (χ1v) is 8.18. The number of hydrogen-bond acceptors (Lipinski definition) is 4. The topological polar surface area (TPSA) is 56.1 Å². The quantitative estimate of drug-likeness (QED) is 0.751. The van der Waals surface area contributed by atoms with Crippen LogP contribution >= 0.6 is 11.6 Å². The second kappa shape index (κ2) is 7.40. The Hall–Kier alpha value is -2.79. The maximum Gasteiger partial charge on any atom is 0.316 e. The van der Waals surface area contributed by atoms with Gasteiger partial charge in [-0.05, 0) is 30.2 Å². The van der Waals surface area contributed by atoms with E-state index in [1.165, 1.54) is 7.11 Å². The van der Waals surface area contributed by atoms with E-state index in [-0.39, 0.29) is 5.75 Å². The van der Waals surface area contributed by atoms with E-state index in [0.717, 1.165) is 16.8 Å². The fourth-order valence-electron chi connectivity index (χ4n) is 2.48. The molecule has 128 valence electrons. The predicted molar refractivity (Wildman–Crippen MR) is 100 cm³/mol. The van der Waals surface area contributed by atoms with Gasteiger partial charge in [-0.25, -0.2) is 0 Å². The van der Waals surface area contributed by atoms with E-state index >= 15 is 0 Å². The van der Waals surface area contributed by atoms with Crippen LogP contribution in [0.1, 0.15) is 11.1 Å². The lowest BCUT2D eigenvalue weighted by molar-refractivity contribution is 0.402. The molecule has 0 unspecified atom stereocenters. The average Bonchev–Trinajstić information content (AvgIpc) is 2.62. The largest absolute Gasteiger partial charge is 0.490 e. The summed E-state index contributed by atoms with van der Waals surface area (Å²) in [5.41, 5.74) is 2.35. The van der Waals surface area contributed by atoms with Gasteiger partial charge in [-0.15, -0.1) is 0 Å². The van der Waals surface area contributed by atoms with Crippen molar-refractivity contribution in [2.24, 2.45) is 0 Å². The fourth-order valence-corrected chi connectivity index (χ4v) is 2.65. The van der Waals surface area contributed by atoms with Crippen molar-refractivity contribution in [3.63, 3.8) is 0 Å². The van der Waals surface area contributed by atoms with Crippen LogP contribution in [0.5, 0.6) is 5.75 Å². The van der Waals surface area contributed by atoms with Crippen LogP contribution in [0.25, 0.3) is 0 Å². The van der Waals surface area contributed by atoms with Gasteiger partial charge >= 0.3 is 5.56 Å². The van der Waals surface area contributed by atoms with Crippen LogP contribution in [0, 0.1) is 6.92 Å². The second-order valence-corrected chi connectivity index (χ2v) is 6.00. The van der Waals surface area contributed by atoms with Crippen molar-refractivity contribution in [1.82, 2.24) is 9.55 Å². The first-order chi connectivity index (χ1) is 12.1. The zero-order valence-electron chi connectivity index (χ0n) is 14.0. The molecule has 0 aliphatic heterocycles. The molecule has 6 heteroatoms. The first kappa shape index (κ1) is 17.0. The molecule has 0 atom stereocenters. The van der Waals surface area contributed by atoms with Gasteiger partial charge in [-0.1, -0.05) is 48.0 Å². The normalized spacial score (nSPS) is 10.5. The number of nitrogens with zero attached hydrogens (tertiary/aromatic N) is 2. The molecule has 0 amide bonds. The minimum Gasteiger partial charge on any atom is -0.490 e. The molecule has 0 radical (unpaired) electrons. The highest BCUT2D eigenvalue weighted by atomic mass is 35.5. The smallest absolute Gasteiger partial charge is 0.316 e. The van der Waals surface area contributed by atoms with Crippen LogP contribution in [-0.4, -0.2) is 16.7 Å². The number of methoxy groups -OCH3 is 1. The lowest BCUT2D eigenvalue weighted by Gasteiger charge is -2.16. The van der Waals surface area contributed by atoms with Crippen molar-refractivity contribution in [1.29, 1.82) is 0 Å². The monoisotopic (exact) mass is 355 g/mol. The van der Waals surface area contributed by atoms with E-state index in [1.807, 2.05) is 60.0 Å². The third-order valence-corrected chi connectivity index (χ3v) is 4.30. The van der Waals surface area contributed by atoms with Crippen molar-refractivity contribution in [2.75, 3.05) is 12.4 Å². The lowest BCUT2D eigenvalue weighted by Crippen LogP contribution is -2.19. The molecule has 5 nitrogen and oxygen atoms in total. The van der Waals surface area contributed by atoms with E-state index < -0.39 is 5.56 Å². The maximum atomic E-state index is 12.1. The molecule has 0 spiro atoms. The van der Waals surface area contributed by atoms with Crippen LogP contribution in [-0.2, 0) is 6.54 Å². The fraction of sp³-hybridized carbons (Fsp3) is 0.158. The van der Waals surface area contributed by atoms with E-state index in [9.17, 15) is 4.79 Å². The Bertz CT molecular complexity index is 939. The molecule has 0 bridgehead atoms. The summed E-state index contributed by atoms with van der Waals surface area (Å²) in [6, 6.07) is 15.5. The van der Waals surface area contributed by atoms with E-state index in [2.05, 4.69) is 10.3 Å². The summed E-state index contributed by atoms with van der Waals surface area (Å²) in [6.07, 6.45) is 1.66. The highest BCUT2D eigenvalue weighted by Gasteiger charge is 2.11. The highest BCUT2D eigenvalue weighted by molar-refractivity contribution is 6.31. The minimum absolute atomic E-state index is 0.198. The van der Waals surface area contributed by atoms with Crippen molar-refractivity contribution >= 4 is 23.2 Å². The molecule has 3 aromatic rings. The van der Waals surface area contributed by atoms with Crippen molar-refractivity contribution in [2.45, 2.75) is 13.5 Å². The van der Waals surface area contributed by atoms with Crippen LogP contribution in [0.4, 0.5) is 11.6 Å². The van der Waals surface area contributed by atoms with Crippen LogP contribution in [0.2, 0.25) is 5.02 Å². The molecule has 0 fully saturated rings. The molecule has 1 aromatic heterocycles. The second-order valence-electron chi connectivity index (χ2n) is 5.59. The molecular formula is C19H18ClN3O2. The molecule has 3 rings (SSSR count). The molecule has 25 heavy (non-hydrogen) atoms. The predicted octanol–water partition coefficient (Wildman–Crippen LogP) is 4.01. The van der Waals surface area contributed by atoms with Gasteiger partial charge in [0.1, 0.15) is 0 Å². The summed E-state index contributed by atoms with van der Waals surface area (Å²) in [5.74, 6) is 0.629. The minimum atomic E-state index is -0.422. The van der Waals surface area contributed by atoms with Gasteiger partial charge in [0.05, 0.1) is 19.9 Å². The summed E-state index contributed by atoms with van der Waals surface area (Å²) in [5, 5.41) is 3.85. The zero-order chi connectivity index (χ0) is 17.8. The zero-order valence-corrected chi connectivity index (χ0v) is 14.7. The summed E-state index contributed by atoms with van der Waals surface area (Å²) in [7, 11) is 1.46. The number of rotatable bonds is 5. The molecule has 0 saturated carbocycles. The number of hydrogen-bond donors (Lipinski definition) is 1. The molecule has 0 aliphatic carbocycles. The molecule has 1 N–H and O–H groups in total. The molecule has 0 aliphatic rings. The van der Waals surface area contributed by atoms with Gasteiger partial charge in [0.15, 0.2) is 0 Å². The Morgan fingerprint density at radius 1 is 1.16 bits per heavy atom. The number of anilines is 2. The van der Waals surface area contributed by atoms with Crippen molar-refractivity contribution in [3.8, 4) is 5.75 Å². The van der Waals surface area contributed by atoms with Crippen molar-refractivity contribution < 1.29 is 4.74 Å². The Balaban J connectivity index is 2.03. The molecule has 0 saturated heterocycles. The van der Waals surface area contributed by atoms with Crippen molar-refractivity contribution in [3.05, 3.63) is 81.2 Å². The summed E-state index contributed by atoms with van der Waals surface area (Å²) in [6.45, 7) is 2.46. The van der Waals surface area contributed by atoms with Gasteiger partial charge in [0.2, 0.25) is 11.7 Å². The molecule has 1 heterocycles. The average molecular weight is 356 g/mol. The number of ether oxygens (including phenoxy) is 1. The van der Waals surface area contributed by atoms with E-state index in [4.69, 9.17) is 16.3 Å². The number of halogens is 1. The Kier molecular flexibility index (Phi) is 5.05. The Labute approximate surface area is 150 Å². The molecule has 2 aromatic carbocycles.